The topological polar surface area (TPSA) is 95.0 Å². The SMILES string of the molecule is CC[C@@H]1CN2CC[C@@H]1C[C@H]2[C@@H](Oc1nnc(O[C@@H](c2ccnc3ccc(OC)cc23)[C@@H]2C[C@@H]3CCN2C[C@@H]3CC)c2ccccc12)c1ccnc2ccc(OC)cc12. The van der Waals surface area contributed by atoms with Gasteiger partial charge in [-0.25, -0.2) is 0 Å². The Hall–Kier alpha value is -5.06. The first-order chi connectivity index (χ1) is 28.5. The molecular weight excluding hydrogens is 725 g/mol. The highest BCUT2D eigenvalue weighted by atomic mass is 16.5. The van der Waals surface area contributed by atoms with Crippen LogP contribution in [-0.4, -0.2) is 82.4 Å². The molecule has 3 aromatic carbocycles. The minimum atomic E-state index is -0.300. The molecule has 300 valence electrons. The molecular formula is C48H54N6O4. The van der Waals surface area contributed by atoms with Gasteiger partial charge in [0.25, 0.3) is 0 Å². The zero-order valence-corrected chi connectivity index (χ0v) is 34.1. The van der Waals surface area contributed by atoms with Gasteiger partial charge in [-0.3, -0.25) is 19.8 Å². The van der Waals surface area contributed by atoms with Gasteiger partial charge in [-0.05, 0) is 123 Å². The fraction of sp³-hybridized carbons (Fsp3) is 0.458. The summed E-state index contributed by atoms with van der Waals surface area (Å²) in [5, 5.41) is 13.7. The van der Waals surface area contributed by atoms with Crippen molar-refractivity contribution in [2.75, 3.05) is 40.4 Å². The van der Waals surface area contributed by atoms with Crippen molar-refractivity contribution >= 4 is 32.6 Å². The number of fused-ring (bicyclic) bond motifs is 9. The van der Waals surface area contributed by atoms with Crippen LogP contribution >= 0.6 is 0 Å². The van der Waals surface area contributed by atoms with Crippen molar-refractivity contribution in [3.8, 4) is 23.3 Å². The molecule has 0 spiro atoms. The lowest BCUT2D eigenvalue weighted by Crippen LogP contribution is -2.56. The molecule has 9 heterocycles. The number of pyridine rings is 2. The summed E-state index contributed by atoms with van der Waals surface area (Å²) >= 11 is 0. The number of rotatable bonds is 12. The van der Waals surface area contributed by atoms with E-state index in [0.29, 0.717) is 35.4 Å². The van der Waals surface area contributed by atoms with Gasteiger partial charge in [-0.2, -0.15) is 0 Å². The van der Waals surface area contributed by atoms with Gasteiger partial charge in [0.2, 0.25) is 11.8 Å². The van der Waals surface area contributed by atoms with Crippen LogP contribution in [0.5, 0.6) is 23.3 Å². The lowest BCUT2D eigenvalue weighted by molar-refractivity contribution is -0.0505. The molecule has 10 heteroatoms. The molecule has 6 saturated heterocycles. The third-order valence-corrected chi connectivity index (χ3v) is 14.3. The number of benzene rings is 3. The number of hydrogen-bond donors (Lipinski definition) is 0. The summed E-state index contributed by atoms with van der Waals surface area (Å²) in [6.07, 6.45) is 10.2. The number of hydrogen-bond acceptors (Lipinski definition) is 10. The van der Waals surface area contributed by atoms with Crippen molar-refractivity contribution in [2.24, 2.45) is 23.7 Å². The summed E-state index contributed by atoms with van der Waals surface area (Å²) in [5.41, 5.74) is 4.01. The minimum Gasteiger partial charge on any atom is -0.497 e. The van der Waals surface area contributed by atoms with Crippen LogP contribution in [-0.2, 0) is 0 Å². The Bertz CT molecular complexity index is 2280. The van der Waals surface area contributed by atoms with E-state index >= 15 is 0 Å². The molecule has 0 N–H and O–H groups in total. The fourth-order valence-electron chi connectivity index (χ4n) is 11.1. The van der Waals surface area contributed by atoms with Gasteiger partial charge >= 0.3 is 0 Å². The normalized spacial score (nSPS) is 27.4. The molecule has 4 bridgehead atoms. The molecule has 3 aromatic heterocycles. The zero-order chi connectivity index (χ0) is 39.3. The van der Waals surface area contributed by atoms with Crippen LogP contribution in [0.25, 0.3) is 32.6 Å². The zero-order valence-electron chi connectivity index (χ0n) is 34.1. The highest BCUT2D eigenvalue weighted by molar-refractivity contribution is 5.91. The quantitative estimate of drug-likeness (QED) is 0.120. The number of aromatic nitrogens is 4. The van der Waals surface area contributed by atoms with E-state index in [2.05, 4.69) is 72.2 Å². The molecule has 0 radical (unpaired) electrons. The lowest BCUT2D eigenvalue weighted by Gasteiger charge is -2.52. The van der Waals surface area contributed by atoms with Crippen molar-refractivity contribution in [3.05, 3.63) is 96.3 Å². The summed E-state index contributed by atoms with van der Waals surface area (Å²) in [7, 11) is 3.42. The van der Waals surface area contributed by atoms with E-state index in [9.17, 15) is 0 Å². The molecule has 58 heavy (non-hydrogen) atoms. The Morgan fingerprint density at radius 2 is 1.07 bits per heavy atom. The maximum Gasteiger partial charge on any atom is 0.242 e. The van der Waals surface area contributed by atoms with Crippen molar-refractivity contribution in [1.82, 2.24) is 30.0 Å². The minimum absolute atomic E-state index is 0.180. The second kappa shape index (κ2) is 15.6. The molecule has 0 saturated carbocycles. The maximum atomic E-state index is 7.30. The van der Waals surface area contributed by atoms with E-state index < -0.39 is 0 Å². The van der Waals surface area contributed by atoms with Crippen LogP contribution < -0.4 is 18.9 Å². The molecule has 2 unspecified atom stereocenters. The first kappa shape index (κ1) is 37.2. The predicted molar refractivity (Wildman–Crippen MR) is 227 cm³/mol. The second-order valence-electron chi connectivity index (χ2n) is 17.0. The first-order valence-corrected chi connectivity index (χ1v) is 21.5. The van der Waals surface area contributed by atoms with Gasteiger partial charge < -0.3 is 18.9 Å². The molecule has 6 aliphatic heterocycles. The van der Waals surface area contributed by atoms with E-state index in [4.69, 9.17) is 39.1 Å². The van der Waals surface area contributed by atoms with E-state index in [1.165, 1.54) is 25.7 Å². The standard InChI is InChI=1S/C48H54N6O4/c1-5-29-27-53-21-17-31(29)23-43(53)45(35-15-19-49-41-13-11-33(55-3)25-39(35)41)57-47-37-9-7-8-10-38(37)48(52-51-47)58-46(44-24-32-18-22-54(44)28-30(32)6-2)36-16-20-50-42-14-12-34(56-4)26-40(36)42/h7-16,19-20,25-26,29-32,43-46H,5-6,17-18,21-24,27-28H2,1-4H3/t29-,30+,31-,32+,43-,44-,45-,46-/m0/s1. The van der Waals surface area contributed by atoms with E-state index in [-0.39, 0.29) is 24.3 Å². The lowest BCUT2D eigenvalue weighted by atomic mass is 9.72. The van der Waals surface area contributed by atoms with Crippen molar-refractivity contribution in [3.63, 3.8) is 0 Å². The number of piperidine rings is 6. The summed E-state index contributed by atoms with van der Waals surface area (Å²) in [6, 6.07) is 25.1. The average Bonchev–Trinajstić information content (AvgIpc) is 3.29. The number of ether oxygens (including phenoxy) is 4. The summed E-state index contributed by atoms with van der Waals surface area (Å²) < 4.78 is 26.0. The number of nitrogens with zero attached hydrogens (tertiary/aromatic N) is 6. The summed E-state index contributed by atoms with van der Waals surface area (Å²) in [4.78, 5) is 14.8. The third kappa shape index (κ3) is 6.58. The molecule has 10 atom stereocenters. The summed E-state index contributed by atoms with van der Waals surface area (Å²) in [6.45, 7) is 9.00. The smallest absolute Gasteiger partial charge is 0.242 e. The van der Waals surface area contributed by atoms with Gasteiger partial charge in [0, 0.05) is 47.4 Å². The van der Waals surface area contributed by atoms with Crippen molar-refractivity contribution < 1.29 is 18.9 Å². The molecule has 0 aliphatic carbocycles. The van der Waals surface area contributed by atoms with Crippen molar-refractivity contribution in [2.45, 2.75) is 76.7 Å². The molecule has 10 nitrogen and oxygen atoms in total. The third-order valence-electron chi connectivity index (χ3n) is 14.3. The second-order valence-corrected chi connectivity index (χ2v) is 17.0. The van der Waals surface area contributed by atoms with Crippen LogP contribution in [0.1, 0.15) is 75.7 Å². The Labute approximate surface area is 340 Å². The average molecular weight is 779 g/mol. The van der Waals surface area contributed by atoms with Crippen LogP contribution in [0.2, 0.25) is 0 Å². The van der Waals surface area contributed by atoms with Crippen molar-refractivity contribution in [1.29, 1.82) is 0 Å². The Balaban J connectivity index is 1.06. The Morgan fingerprint density at radius 1 is 0.603 bits per heavy atom. The van der Waals surface area contributed by atoms with Gasteiger partial charge in [0.05, 0.1) is 48.1 Å². The maximum absolute atomic E-state index is 7.30. The monoisotopic (exact) mass is 778 g/mol. The van der Waals surface area contributed by atoms with E-state index in [0.717, 1.165) is 94.2 Å². The molecule has 6 fully saturated rings. The number of methoxy groups -OCH3 is 2. The molecule has 6 aromatic rings. The largest absolute Gasteiger partial charge is 0.497 e. The van der Waals surface area contributed by atoms with Gasteiger partial charge in [0.1, 0.15) is 23.7 Å². The van der Waals surface area contributed by atoms with E-state index in [1.807, 2.05) is 36.7 Å². The van der Waals surface area contributed by atoms with Crippen LogP contribution in [0.15, 0.2) is 85.2 Å². The molecule has 0 amide bonds. The highest BCUT2D eigenvalue weighted by Crippen LogP contribution is 2.47. The van der Waals surface area contributed by atoms with Crippen LogP contribution in [0.3, 0.4) is 0 Å². The first-order valence-electron chi connectivity index (χ1n) is 21.5. The van der Waals surface area contributed by atoms with E-state index in [1.54, 1.807) is 14.2 Å². The molecule has 6 aliphatic rings. The van der Waals surface area contributed by atoms with Gasteiger partial charge in [-0.1, -0.05) is 38.8 Å². The Kier molecular flexibility index (Phi) is 10.0. The summed E-state index contributed by atoms with van der Waals surface area (Å²) in [5.74, 6) is 5.39. The highest BCUT2D eigenvalue weighted by Gasteiger charge is 2.46. The van der Waals surface area contributed by atoms with Gasteiger partial charge in [-0.15, -0.1) is 10.2 Å². The Morgan fingerprint density at radius 3 is 1.47 bits per heavy atom. The van der Waals surface area contributed by atoms with Gasteiger partial charge in [0.15, 0.2) is 0 Å². The predicted octanol–water partition coefficient (Wildman–Crippen LogP) is 9.22. The van der Waals surface area contributed by atoms with Crippen LogP contribution in [0.4, 0.5) is 0 Å². The molecule has 12 rings (SSSR count). The van der Waals surface area contributed by atoms with Crippen LogP contribution in [0, 0.1) is 23.7 Å². The fourth-order valence-corrected chi connectivity index (χ4v) is 11.1.